The molecule has 124 valence electrons. The third-order valence-electron chi connectivity index (χ3n) is 3.16. The number of nitrogens with one attached hydrogen (secondary N) is 2. The first-order chi connectivity index (χ1) is 9.67. The molecule has 6 heteroatoms. The fraction of sp³-hybridized carbons (Fsp3) is 0.933. The number of hydrogen-bond acceptors (Lipinski definition) is 5. The number of hydrogen-bond donors (Lipinski definition) is 3. The number of carbonyl (C=O) groups excluding carboxylic acids is 1. The third kappa shape index (κ3) is 7.64. The second kappa shape index (κ2) is 7.96. The highest BCUT2D eigenvalue weighted by Gasteiger charge is 2.27. The molecule has 1 heterocycles. The monoisotopic (exact) mass is 302 g/mol. The van der Waals surface area contributed by atoms with Gasteiger partial charge in [0.15, 0.2) is 6.29 Å². The Labute approximate surface area is 127 Å². The van der Waals surface area contributed by atoms with Crippen LogP contribution in [0.1, 0.15) is 47.5 Å². The van der Waals surface area contributed by atoms with Crippen LogP contribution in [-0.2, 0) is 9.47 Å². The lowest BCUT2D eigenvalue weighted by molar-refractivity contribution is -0.0718. The van der Waals surface area contributed by atoms with Crippen molar-refractivity contribution in [2.75, 3.05) is 13.2 Å². The first-order valence-electron chi connectivity index (χ1n) is 7.70. The van der Waals surface area contributed by atoms with Crippen molar-refractivity contribution >= 4 is 6.09 Å². The Kier molecular flexibility index (Phi) is 6.90. The molecule has 1 amide bonds. The second-order valence-corrected chi connectivity index (χ2v) is 7.04. The molecule has 0 spiro atoms. The third-order valence-corrected chi connectivity index (χ3v) is 3.16. The first-order valence-corrected chi connectivity index (χ1v) is 7.70. The molecule has 1 saturated heterocycles. The summed E-state index contributed by atoms with van der Waals surface area (Å²) in [5.74, 6) is 0.455. The molecule has 3 N–H and O–H groups in total. The lowest BCUT2D eigenvalue weighted by Gasteiger charge is -2.26. The number of alkyl carbamates (subject to hydrolysis) is 1. The van der Waals surface area contributed by atoms with E-state index >= 15 is 0 Å². The molecule has 21 heavy (non-hydrogen) atoms. The van der Waals surface area contributed by atoms with E-state index in [0.29, 0.717) is 19.1 Å². The van der Waals surface area contributed by atoms with Crippen molar-refractivity contribution < 1.29 is 19.4 Å². The van der Waals surface area contributed by atoms with E-state index in [-0.39, 0.29) is 12.1 Å². The van der Waals surface area contributed by atoms with Gasteiger partial charge in [-0.15, -0.1) is 0 Å². The fourth-order valence-electron chi connectivity index (χ4n) is 2.31. The lowest BCUT2D eigenvalue weighted by atomic mass is 10.0. The molecule has 0 radical (unpaired) electrons. The molecule has 1 aliphatic heterocycles. The molecule has 0 aromatic carbocycles. The smallest absolute Gasteiger partial charge is 0.407 e. The SMILES string of the molecule is CC(C)C[C@H](CN[C@H]1CCOC1O)NC(=O)OC(C)(C)C. The Hall–Kier alpha value is -0.850. The van der Waals surface area contributed by atoms with E-state index in [1.54, 1.807) is 0 Å². The number of amides is 1. The van der Waals surface area contributed by atoms with E-state index < -0.39 is 18.0 Å². The van der Waals surface area contributed by atoms with Crippen LogP contribution in [0.15, 0.2) is 0 Å². The largest absolute Gasteiger partial charge is 0.444 e. The Morgan fingerprint density at radius 3 is 2.57 bits per heavy atom. The summed E-state index contributed by atoms with van der Waals surface area (Å²) in [6, 6.07) is -0.104. The summed E-state index contributed by atoms with van der Waals surface area (Å²) in [7, 11) is 0. The topological polar surface area (TPSA) is 79.8 Å². The molecule has 1 unspecified atom stereocenters. The lowest BCUT2D eigenvalue weighted by Crippen LogP contribution is -2.48. The fourth-order valence-corrected chi connectivity index (χ4v) is 2.31. The Balaban J connectivity index is 2.45. The van der Waals surface area contributed by atoms with Crippen LogP contribution in [0.25, 0.3) is 0 Å². The maximum absolute atomic E-state index is 11.9. The van der Waals surface area contributed by atoms with E-state index in [4.69, 9.17) is 9.47 Å². The van der Waals surface area contributed by atoms with Crippen LogP contribution in [0.3, 0.4) is 0 Å². The van der Waals surface area contributed by atoms with Crippen LogP contribution >= 0.6 is 0 Å². The van der Waals surface area contributed by atoms with Crippen LogP contribution < -0.4 is 10.6 Å². The predicted octanol–water partition coefficient (Wildman–Crippen LogP) is 1.62. The number of aliphatic hydroxyl groups excluding tert-OH is 1. The van der Waals surface area contributed by atoms with Gasteiger partial charge < -0.3 is 25.2 Å². The van der Waals surface area contributed by atoms with Gasteiger partial charge in [-0.1, -0.05) is 13.8 Å². The van der Waals surface area contributed by atoms with Gasteiger partial charge in [0.05, 0.1) is 12.6 Å². The van der Waals surface area contributed by atoms with Gasteiger partial charge >= 0.3 is 6.09 Å². The number of aliphatic hydroxyl groups is 1. The zero-order valence-electron chi connectivity index (χ0n) is 13.8. The maximum atomic E-state index is 11.9. The molecule has 3 atom stereocenters. The molecule has 0 aromatic heterocycles. The van der Waals surface area contributed by atoms with E-state index in [0.717, 1.165) is 12.8 Å². The minimum Gasteiger partial charge on any atom is -0.444 e. The summed E-state index contributed by atoms with van der Waals surface area (Å²) < 4.78 is 10.4. The Bertz CT molecular complexity index is 328. The minimum absolute atomic E-state index is 0.0346. The molecule has 1 fully saturated rings. The summed E-state index contributed by atoms with van der Waals surface area (Å²) in [5.41, 5.74) is -0.505. The molecule has 0 aromatic rings. The van der Waals surface area contributed by atoms with E-state index in [1.165, 1.54) is 0 Å². The van der Waals surface area contributed by atoms with Gasteiger partial charge in [0, 0.05) is 12.6 Å². The molecule has 0 bridgehead atoms. The van der Waals surface area contributed by atoms with Gasteiger partial charge in [-0.05, 0) is 39.5 Å². The van der Waals surface area contributed by atoms with E-state index in [2.05, 4.69) is 24.5 Å². The zero-order valence-corrected chi connectivity index (χ0v) is 13.8. The highest BCUT2D eigenvalue weighted by molar-refractivity contribution is 5.68. The highest BCUT2D eigenvalue weighted by Crippen LogP contribution is 2.12. The predicted molar refractivity (Wildman–Crippen MR) is 81.0 cm³/mol. The van der Waals surface area contributed by atoms with Crippen LogP contribution in [0, 0.1) is 5.92 Å². The summed E-state index contributed by atoms with van der Waals surface area (Å²) in [4.78, 5) is 11.9. The molecular weight excluding hydrogens is 272 g/mol. The normalized spacial score (nSPS) is 24.1. The van der Waals surface area contributed by atoms with Crippen molar-refractivity contribution in [2.24, 2.45) is 5.92 Å². The molecule has 0 aliphatic carbocycles. The molecule has 0 saturated carbocycles. The van der Waals surface area contributed by atoms with Crippen molar-refractivity contribution in [1.29, 1.82) is 0 Å². The van der Waals surface area contributed by atoms with Crippen LogP contribution in [0.2, 0.25) is 0 Å². The van der Waals surface area contributed by atoms with Gasteiger partial charge in [-0.2, -0.15) is 0 Å². The molecule has 1 aliphatic rings. The molecule has 6 nitrogen and oxygen atoms in total. The average molecular weight is 302 g/mol. The van der Waals surface area contributed by atoms with E-state index in [9.17, 15) is 9.90 Å². The van der Waals surface area contributed by atoms with Crippen molar-refractivity contribution in [1.82, 2.24) is 10.6 Å². The summed E-state index contributed by atoms with van der Waals surface area (Å²) in [6.45, 7) is 10.9. The number of rotatable bonds is 6. The minimum atomic E-state index is -0.758. The Morgan fingerprint density at radius 1 is 1.43 bits per heavy atom. The quantitative estimate of drug-likeness (QED) is 0.695. The van der Waals surface area contributed by atoms with Gasteiger partial charge in [0.2, 0.25) is 0 Å². The number of carbonyl (C=O) groups is 1. The van der Waals surface area contributed by atoms with Gasteiger partial charge in [0.1, 0.15) is 5.60 Å². The van der Waals surface area contributed by atoms with Gasteiger partial charge in [-0.3, -0.25) is 0 Å². The Morgan fingerprint density at radius 2 is 2.10 bits per heavy atom. The molecule has 1 rings (SSSR count). The summed E-state index contributed by atoms with van der Waals surface area (Å²) in [5, 5.41) is 15.8. The average Bonchev–Trinajstić information content (AvgIpc) is 2.68. The first kappa shape index (κ1) is 18.2. The summed E-state index contributed by atoms with van der Waals surface area (Å²) in [6.07, 6.45) is 0.460. The summed E-state index contributed by atoms with van der Waals surface area (Å²) >= 11 is 0. The van der Waals surface area contributed by atoms with E-state index in [1.807, 2.05) is 20.8 Å². The molecular formula is C15H30N2O4. The number of ether oxygens (including phenoxy) is 2. The zero-order chi connectivity index (χ0) is 16.0. The highest BCUT2D eigenvalue weighted by atomic mass is 16.6. The van der Waals surface area contributed by atoms with Crippen molar-refractivity contribution in [2.45, 2.75) is 71.4 Å². The van der Waals surface area contributed by atoms with Crippen molar-refractivity contribution in [3.8, 4) is 0 Å². The van der Waals surface area contributed by atoms with Crippen molar-refractivity contribution in [3.05, 3.63) is 0 Å². The van der Waals surface area contributed by atoms with Crippen LogP contribution in [0.5, 0.6) is 0 Å². The van der Waals surface area contributed by atoms with Crippen LogP contribution in [0.4, 0.5) is 4.79 Å². The maximum Gasteiger partial charge on any atom is 0.407 e. The van der Waals surface area contributed by atoms with Crippen LogP contribution in [-0.4, -0.2) is 48.3 Å². The second-order valence-electron chi connectivity index (χ2n) is 7.04. The standard InChI is InChI=1S/C15H30N2O4/c1-10(2)8-11(17-14(19)21-15(3,4)5)9-16-12-6-7-20-13(12)18/h10-13,16,18H,6-9H2,1-5H3,(H,17,19)/t11-,12+,13?/m1/s1. The van der Waals surface area contributed by atoms with Gasteiger partial charge in [-0.25, -0.2) is 4.79 Å². The van der Waals surface area contributed by atoms with Crippen molar-refractivity contribution in [3.63, 3.8) is 0 Å². The van der Waals surface area contributed by atoms with Gasteiger partial charge in [0.25, 0.3) is 0 Å².